The van der Waals surface area contributed by atoms with Gasteiger partial charge < -0.3 is 5.32 Å². The van der Waals surface area contributed by atoms with E-state index in [0.717, 1.165) is 23.1 Å². The number of pyridine rings is 1. The number of rotatable bonds is 4. The van der Waals surface area contributed by atoms with Gasteiger partial charge in [-0.1, -0.05) is 31.2 Å². The number of benzene rings is 1. The van der Waals surface area contributed by atoms with Crippen LogP contribution in [0.2, 0.25) is 0 Å². The Morgan fingerprint density at radius 2 is 1.90 bits per heavy atom. The first kappa shape index (κ1) is 13.1. The van der Waals surface area contributed by atoms with Crippen molar-refractivity contribution in [2.24, 2.45) is 0 Å². The van der Waals surface area contributed by atoms with Gasteiger partial charge in [-0.25, -0.2) is 4.52 Å². The number of hydrogen-bond acceptors (Lipinski definition) is 3. The lowest BCUT2D eigenvalue weighted by Crippen LogP contribution is -2.01. The van der Waals surface area contributed by atoms with Gasteiger partial charge in [-0.3, -0.25) is 0 Å². The molecule has 0 atom stereocenters. The summed E-state index contributed by atoms with van der Waals surface area (Å²) in [4.78, 5) is 4.45. The molecule has 0 unspecified atom stereocenters. The molecule has 4 nitrogen and oxygen atoms in total. The summed E-state index contributed by atoms with van der Waals surface area (Å²) in [5, 5.41) is 7.64. The lowest BCUT2D eigenvalue weighted by atomic mass is 10.1. The monoisotopic (exact) mass is 330 g/mol. The SMILES string of the molecule is CCc1ccc(CNc2nc3c(Br)cccn3n2)cc1. The van der Waals surface area contributed by atoms with Gasteiger partial charge in [0.15, 0.2) is 5.65 Å². The highest BCUT2D eigenvalue weighted by molar-refractivity contribution is 9.10. The van der Waals surface area contributed by atoms with Gasteiger partial charge in [0.2, 0.25) is 5.95 Å². The third-order valence-corrected chi connectivity index (χ3v) is 3.82. The summed E-state index contributed by atoms with van der Waals surface area (Å²) in [6.07, 6.45) is 2.95. The Labute approximate surface area is 126 Å². The van der Waals surface area contributed by atoms with E-state index in [1.54, 1.807) is 4.52 Å². The maximum atomic E-state index is 4.45. The third-order valence-electron chi connectivity index (χ3n) is 3.20. The molecule has 0 bridgehead atoms. The largest absolute Gasteiger partial charge is 0.349 e. The number of nitrogens with one attached hydrogen (secondary N) is 1. The Morgan fingerprint density at radius 1 is 1.15 bits per heavy atom. The zero-order valence-corrected chi connectivity index (χ0v) is 12.8. The molecule has 0 aliphatic carbocycles. The van der Waals surface area contributed by atoms with E-state index in [9.17, 15) is 0 Å². The number of fused-ring (bicyclic) bond motifs is 1. The van der Waals surface area contributed by atoms with Crippen LogP contribution in [0, 0.1) is 0 Å². The summed E-state index contributed by atoms with van der Waals surface area (Å²) in [5.74, 6) is 0.636. The minimum absolute atomic E-state index is 0.636. The van der Waals surface area contributed by atoms with Crippen LogP contribution >= 0.6 is 15.9 Å². The standard InChI is InChI=1S/C15H15BrN4/c1-2-11-5-7-12(8-6-11)10-17-15-18-14-13(16)4-3-9-20(14)19-15/h3-9H,2,10H2,1H3,(H,17,19). The first-order chi connectivity index (χ1) is 9.76. The molecule has 0 saturated heterocycles. The van der Waals surface area contributed by atoms with Gasteiger partial charge in [0, 0.05) is 12.7 Å². The fourth-order valence-corrected chi connectivity index (χ4v) is 2.45. The van der Waals surface area contributed by atoms with Crippen molar-refractivity contribution < 1.29 is 0 Å². The van der Waals surface area contributed by atoms with Gasteiger partial charge in [-0.15, -0.1) is 5.10 Å². The molecule has 0 aliphatic rings. The van der Waals surface area contributed by atoms with Crippen LogP contribution in [0.5, 0.6) is 0 Å². The lowest BCUT2D eigenvalue weighted by molar-refractivity contribution is 0.948. The maximum Gasteiger partial charge on any atom is 0.243 e. The number of aromatic nitrogens is 3. The van der Waals surface area contributed by atoms with Crippen molar-refractivity contribution in [2.75, 3.05) is 5.32 Å². The normalized spacial score (nSPS) is 10.9. The number of aryl methyl sites for hydroxylation is 1. The van der Waals surface area contributed by atoms with Crippen LogP contribution in [0.4, 0.5) is 5.95 Å². The molecule has 2 heterocycles. The molecule has 0 amide bonds. The molecule has 3 aromatic rings. The Balaban J connectivity index is 1.74. The first-order valence-corrected chi connectivity index (χ1v) is 7.38. The molecular formula is C15H15BrN4. The van der Waals surface area contributed by atoms with Crippen molar-refractivity contribution in [3.8, 4) is 0 Å². The second-order valence-electron chi connectivity index (χ2n) is 4.58. The molecule has 5 heteroatoms. The molecule has 20 heavy (non-hydrogen) atoms. The molecule has 0 saturated carbocycles. The van der Waals surface area contributed by atoms with Crippen LogP contribution in [-0.4, -0.2) is 14.6 Å². The summed E-state index contributed by atoms with van der Waals surface area (Å²) in [6.45, 7) is 2.88. The summed E-state index contributed by atoms with van der Waals surface area (Å²) in [5.41, 5.74) is 3.39. The molecule has 102 valence electrons. The predicted molar refractivity (Wildman–Crippen MR) is 83.8 cm³/mol. The smallest absolute Gasteiger partial charge is 0.243 e. The molecule has 0 radical (unpaired) electrons. The quantitative estimate of drug-likeness (QED) is 0.793. The average molecular weight is 331 g/mol. The molecule has 0 aliphatic heterocycles. The molecular weight excluding hydrogens is 316 g/mol. The van der Waals surface area contributed by atoms with E-state index in [2.05, 4.69) is 62.5 Å². The van der Waals surface area contributed by atoms with Gasteiger partial charge >= 0.3 is 0 Å². The van der Waals surface area contributed by atoms with Gasteiger partial charge in [0.1, 0.15) is 0 Å². The zero-order valence-electron chi connectivity index (χ0n) is 11.2. The first-order valence-electron chi connectivity index (χ1n) is 6.59. The van der Waals surface area contributed by atoms with Crippen LogP contribution < -0.4 is 5.32 Å². The van der Waals surface area contributed by atoms with Crippen molar-refractivity contribution in [1.29, 1.82) is 0 Å². The van der Waals surface area contributed by atoms with Gasteiger partial charge in [0.05, 0.1) is 4.47 Å². The fraction of sp³-hybridized carbons (Fsp3) is 0.200. The predicted octanol–water partition coefficient (Wildman–Crippen LogP) is 3.67. The zero-order chi connectivity index (χ0) is 13.9. The fourth-order valence-electron chi connectivity index (χ4n) is 2.02. The van der Waals surface area contributed by atoms with E-state index in [0.29, 0.717) is 5.95 Å². The van der Waals surface area contributed by atoms with Crippen molar-refractivity contribution in [1.82, 2.24) is 14.6 Å². The number of halogens is 1. The Morgan fingerprint density at radius 3 is 2.60 bits per heavy atom. The molecule has 0 spiro atoms. The second kappa shape index (κ2) is 5.63. The summed E-state index contributed by atoms with van der Waals surface area (Å²) in [7, 11) is 0. The van der Waals surface area contributed by atoms with Crippen molar-refractivity contribution in [3.63, 3.8) is 0 Å². The van der Waals surface area contributed by atoms with E-state index in [1.165, 1.54) is 11.1 Å². The highest BCUT2D eigenvalue weighted by atomic mass is 79.9. The molecule has 0 fully saturated rings. The Bertz CT molecular complexity index is 718. The van der Waals surface area contributed by atoms with Crippen LogP contribution in [0.25, 0.3) is 5.65 Å². The molecule has 3 rings (SSSR count). The van der Waals surface area contributed by atoms with Gasteiger partial charge in [0.25, 0.3) is 0 Å². The van der Waals surface area contributed by atoms with E-state index < -0.39 is 0 Å². The summed E-state index contributed by atoms with van der Waals surface area (Å²) in [6, 6.07) is 12.5. The highest BCUT2D eigenvalue weighted by Crippen LogP contribution is 2.17. The van der Waals surface area contributed by atoms with E-state index in [4.69, 9.17) is 0 Å². The van der Waals surface area contributed by atoms with E-state index in [1.807, 2.05) is 18.3 Å². The third kappa shape index (κ3) is 2.67. The van der Waals surface area contributed by atoms with Crippen molar-refractivity contribution in [2.45, 2.75) is 19.9 Å². The van der Waals surface area contributed by atoms with Crippen LogP contribution in [0.3, 0.4) is 0 Å². The minimum atomic E-state index is 0.636. The van der Waals surface area contributed by atoms with E-state index in [-0.39, 0.29) is 0 Å². The van der Waals surface area contributed by atoms with Crippen LogP contribution in [0.1, 0.15) is 18.1 Å². The Kier molecular flexibility index (Phi) is 3.69. The number of hydrogen-bond donors (Lipinski definition) is 1. The lowest BCUT2D eigenvalue weighted by Gasteiger charge is -2.03. The van der Waals surface area contributed by atoms with Crippen molar-refractivity contribution in [3.05, 3.63) is 58.2 Å². The summed E-state index contributed by atoms with van der Waals surface area (Å²) < 4.78 is 2.69. The second-order valence-corrected chi connectivity index (χ2v) is 5.44. The Hall–Kier alpha value is -1.88. The molecule has 1 aromatic carbocycles. The number of nitrogens with zero attached hydrogens (tertiary/aromatic N) is 3. The van der Waals surface area contributed by atoms with Crippen molar-refractivity contribution >= 4 is 27.5 Å². The van der Waals surface area contributed by atoms with Crippen LogP contribution in [-0.2, 0) is 13.0 Å². The minimum Gasteiger partial charge on any atom is -0.349 e. The van der Waals surface area contributed by atoms with E-state index >= 15 is 0 Å². The highest BCUT2D eigenvalue weighted by Gasteiger charge is 2.05. The maximum absolute atomic E-state index is 4.45. The average Bonchev–Trinajstić information content (AvgIpc) is 2.90. The topological polar surface area (TPSA) is 42.2 Å². The molecule has 1 N–H and O–H groups in total. The molecule has 2 aromatic heterocycles. The van der Waals surface area contributed by atoms with Crippen LogP contribution in [0.15, 0.2) is 47.1 Å². The van der Waals surface area contributed by atoms with Gasteiger partial charge in [-0.05, 0) is 45.6 Å². The summed E-state index contributed by atoms with van der Waals surface area (Å²) >= 11 is 3.47. The number of anilines is 1. The van der Waals surface area contributed by atoms with Gasteiger partial charge in [-0.2, -0.15) is 4.98 Å².